The SMILES string of the molecule is CC[S+]([O-])Cc1ccc(Oc2ccc(F)cc2F)c(-c2cc(NC(=O)OC(C)(C)C)c3nnc(C)n3n2)c1. The molecule has 2 aromatic heterocycles. The Morgan fingerprint density at radius 3 is 2.53 bits per heavy atom. The first-order chi connectivity index (χ1) is 17.9. The molecule has 4 rings (SSSR count). The third-order valence-corrected chi connectivity index (χ3v) is 6.54. The van der Waals surface area contributed by atoms with Crippen LogP contribution < -0.4 is 10.1 Å². The van der Waals surface area contributed by atoms with Crippen LogP contribution in [0.5, 0.6) is 11.5 Å². The number of halogens is 2. The number of benzene rings is 2. The molecule has 1 unspecified atom stereocenters. The summed E-state index contributed by atoms with van der Waals surface area (Å²) in [6.45, 7) is 8.74. The highest BCUT2D eigenvalue weighted by molar-refractivity contribution is 7.90. The van der Waals surface area contributed by atoms with E-state index in [1.54, 1.807) is 52.0 Å². The minimum absolute atomic E-state index is 0.189. The van der Waals surface area contributed by atoms with Gasteiger partial charge >= 0.3 is 6.09 Å². The molecule has 0 aliphatic carbocycles. The molecule has 9 nitrogen and oxygen atoms in total. The van der Waals surface area contributed by atoms with E-state index in [2.05, 4.69) is 20.6 Å². The summed E-state index contributed by atoms with van der Waals surface area (Å²) in [4.78, 5) is 12.6. The molecule has 0 saturated heterocycles. The van der Waals surface area contributed by atoms with E-state index in [1.807, 2.05) is 6.92 Å². The number of aromatic nitrogens is 4. The van der Waals surface area contributed by atoms with Crippen molar-refractivity contribution in [3.05, 3.63) is 65.5 Å². The molecule has 12 heteroatoms. The minimum atomic E-state index is -1.10. The topological polar surface area (TPSA) is 114 Å². The van der Waals surface area contributed by atoms with E-state index >= 15 is 0 Å². The van der Waals surface area contributed by atoms with E-state index in [0.717, 1.165) is 17.7 Å². The van der Waals surface area contributed by atoms with Gasteiger partial charge in [0.25, 0.3) is 0 Å². The van der Waals surface area contributed by atoms with Gasteiger partial charge in [-0.05, 0) is 76.1 Å². The van der Waals surface area contributed by atoms with Crippen molar-refractivity contribution >= 4 is 28.6 Å². The van der Waals surface area contributed by atoms with Gasteiger partial charge in [-0.1, -0.05) is 6.07 Å². The molecule has 0 radical (unpaired) electrons. The van der Waals surface area contributed by atoms with Crippen LogP contribution in [0.3, 0.4) is 0 Å². The maximum absolute atomic E-state index is 14.4. The lowest BCUT2D eigenvalue weighted by Crippen LogP contribution is -2.27. The molecular formula is C26H27F2N5O4S. The van der Waals surface area contributed by atoms with Crippen LogP contribution >= 0.6 is 0 Å². The summed E-state index contributed by atoms with van der Waals surface area (Å²) in [6, 6.07) is 9.62. The maximum Gasteiger partial charge on any atom is 0.412 e. The molecule has 0 aliphatic heterocycles. The molecule has 38 heavy (non-hydrogen) atoms. The van der Waals surface area contributed by atoms with Crippen molar-refractivity contribution in [2.75, 3.05) is 11.1 Å². The number of hydrogen-bond acceptors (Lipinski definition) is 7. The second kappa shape index (κ2) is 10.9. The van der Waals surface area contributed by atoms with Crippen molar-refractivity contribution in [1.29, 1.82) is 0 Å². The van der Waals surface area contributed by atoms with Crippen LogP contribution in [-0.2, 0) is 21.7 Å². The number of rotatable bonds is 7. The Labute approximate surface area is 221 Å². The number of anilines is 1. The normalized spacial score (nSPS) is 12.4. The second-order valence-electron chi connectivity index (χ2n) is 9.43. The van der Waals surface area contributed by atoms with Crippen LogP contribution in [0.1, 0.15) is 39.1 Å². The zero-order valence-electron chi connectivity index (χ0n) is 21.5. The highest BCUT2D eigenvalue weighted by atomic mass is 32.2. The predicted molar refractivity (Wildman–Crippen MR) is 140 cm³/mol. The zero-order chi connectivity index (χ0) is 27.6. The average Bonchev–Trinajstić information content (AvgIpc) is 3.21. The summed E-state index contributed by atoms with van der Waals surface area (Å²) in [5.74, 6) is -0.385. The van der Waals surface area contributed by atoms with Crippen molar-refractivity contribution in [1.82, 2.24) is 19.8 Å². The summed E-state index contributed by atoms with van der Waals surface area (Å²) in [5, 5.41) is 15.5. The molecule has 0 fully saturated rings. The van der Waals surface area contributed by atoms with Crippen molar-refractivity contribution in [2.24, 2.45) is 0 Å². The zero-order valence-corrected chi connectivity index (χ0v) is 22.4. The first kappa shape index (κ1) is 27.3. The van der Waals surface area contributed by atoms with Gasteiger partial charge in [0.05, 0.1) is 11.4 Å². The highest BCUT2D eigenvalue weighted by Crippen LogP contribution is 2.36. The van der Waals surface area contributed by atoms with E-state index in [0.29, 0.717) is 22.8 Å². The highest BCUT2D eigenvalue weighted by Gasteiger charge is 2.21. The van der Waals surface area contributed by atoms with Gasteiger partial charge in [0, 0.05) is 17.2 Å². The largest absolute Gasteiger partial charge is 0.616 e. The Morgan fingerprint density at radius 2 is 1.84 bits per heavy atom. The number of fused-ring (bicyclic) bond motifs is 1. The van der Waals surface area contributed by atoms with E-state index < -0.39 is 34.5 Å². The molecule has 1 N–H and O–H groups in total. The Morgan fingerprint density at radius 1 is 1.11 bits per heavy atom. The van der Waals surface area contributed by atoms with Gasteiger partial charge in [0.2, 0.25) is 5.65 Å². The number of carbonyl (C=O) groups is 1. The van der Waals surface area contributed by atoms with Crippen molar-refractivity contribution in [3.63, 3.8) is 0 Å². The molecule has 0 saturated carbocycles. The molecule has 200 valence electrons. The van der Waals surface area contributed by atoms with Crippen molar-refractivity contribution in [3.8, 4) is 22.8 Å². The Bertz CT molecular complexity index is 1490. The first-order valence-electron chi connectivity index (χ1n) is 11.8. The lowest BCUT2D eigenvalue weighted by Gasteiger charge is -2.20. The second-order valence-corrected chi connectivity index (χ2v) is 11.2. The van der Waals surface area contributed by atoms with Crippen LogP contribution in [0.2, 0.25) is 0 Å². The average molecular weight is 544 g/mol. The third-order valence-electron chi connectivity index (χ3n) is 5.25. The lowest BCUT2D eigenvalue weighted by atomic mass is 10.1. The third kappa shape index (κ3) is 6.37. The van der Waals surface area contributed by atoms with Crippen molar-refractivity contribution in [2.45, 2.75) is 46.0 Å². The predicted octanol–water partition coefficient (Wildman–Crippen LogP) is 5.79. The lowest BCUT2D eigenvalue weighted by molar-refractivity contribution is 0.0636. The molecule has 0 aliphatic rings. The molecule has 0 bridgehead atoms. The van der Waals surface area contributed by atoms with Crippen LogP contribution in [-0.4, -0.2) is 41.8 Å². The smallest absolute Gasteiger partial charge is 0.412 e. The number of aryl methyl sites for hydroxylation is 1. The Kier molecular flexibility index (Phi) is 7.83. The van der Waals surface area contributed by atoms with Gasteiger partial charge in [0.15, 0.2) is 17.4 Å². The van der Waals surface area contributed by atoms with Crippen molar-refractivity contribution < 1.29 is 27.6 Å². The summed E-state index contributed by atoms with van der Waals surface area (Å²) < 4.78 is 52.8. The first-order valence-corrected chi connectivity index (χ1v) is 13.3. The fourth-order valence-corrected chi connectivity index (χ4v) is 4.30. The molecule has 2 heterocycles. The Balaban J connectivity index is 1.84. The number of ether oxygens (including phenoxy) is 2. The Hall–Kier alpha value is -3.77. The van der Waals surface area contributed by atoms with Gasteiger partial charge in [-0.2, -0.15) is 9.61 Å². The number of nitrogens with one attached hydrogen (secondary N) is 1. The van der Waals surface area contributed by atoms with E-state index in [1.165, 1.54) is 10.6 Å². The summed E-state index contributed by atoms with van der Waals surface area (Å²) in [7, 11) is 0. The van der Waals surface area contributed by atoms with Crippen LogP contribution in [0.4, 0.5) is 19.3 Å². The van der Waals surface area contributed by atoms with Gasteiger partial charge in [-0.3, -0.25) is 5.32 Å². The van der Waals surface area contributed by atoms with Crippen LogP contribution in [0, 0.1) is 18.6 Å². The van der Waals surface area contributed by atoms with Gasteiger partial charge in [0.1, 0.15) is 28.7 Å². The quantitative estimate of drug-likeness (QED) is 0.294. The molecular weight excluding hydrogens is 516 g/mol. The van der Waals surface area contributed by atoms with Crippen LogP contribution in [0.25, 0.3) is 16.9 Å². The van der Waals surface area contributed by atoms with Crippen LogP contribution in [0.15, 0.2) is 42.5 Å². The number of nitrogens with zero attached hydrogens (tertiary/aromatic N) is 4. The van der Waals surface area contributed by atoms with Gasteiger partial charge in [-0.15, -0.1) is 10.2 Å². The fraction of sp³-hybridized carbons (Fsp3) is 0.308. The molecule has 2 aromatic carbocycles. The number of carbonyl (C=O) groups excluding carboxylic acids is 1. The minimum Gasteiger partial charge on any atom is -0.616 e. The molecule has 4 aromatic rings. The number of hydrogen-bond donors (Lipinski definition) is 1. The maximum atomic E-state index is 14.4. The summed E-state index contributed by atoms with van der Waals surface area (Å²) in [5.41, 5.74) is 1.30. The number of amides is 1. The molecule has 1 amide bonds. The monoisotopic (exact) mass is 543 g/mol. The summed E-state index contributed by atoms with van der Waals surface area (Å²) >= 11 is -1.10. The van der Waals surface area contributed by atoms with E-state index in [4.69, 9.17) is 9.47 Å². The van der Waals surface area contributed by atoms with Gasteiger partial charge < -0.3 is 14.0 Å². The summed E-state index contributed by atoms with van der Waals surface area (Å²) in [6.07, 6.45) is -0.700. The van der Waals surface area contributed by atoms with Gasteiger partial charge in [-0.25, -0.2) is 13.6 Å². The molecule has 0 spiro atoms. The fourth-order valence-electron chi connectivity index (χ4n) is 3.54. The van der Waals surface area contributed by atoms with E-state index in [-0.39, 0.29) is 28.6 Å². The standard InChI is InChI=1S/C26H27F2N5O4S/c1-6-38(35)14-16-7-9-22(36-23-10-8-17(27)12-19(23)28)18(11-16)20-13-21(29-25(34)37-26(3,4)5)24-31-30-15(2)33(24)32-20/h7-13H,6,14H2,1-5H3,(H,29,34). The van der Waals surface area contributed by atoms with E-state index in [9.17, 15) is 18.1 Å². The molecule has 1 atom stereocenters.